The molecule has 2 rings (SSSR count). The monoisotopic (exact) mass is 333 g/mol. The number of aromatic nitrogens is 1. The predicted octanol–water partition coefficient (Wildman–Crippen LogP) is 3.47. The average Bonchev–Trinajstić information content (AvgIpc) is 2.48. The van der Waals surface area contributed by atoms with Gasteiger partial charge in [-0.15, -0.1) is 0 Å². The van der Waals surface area contributed by atoms with Crippen molar-refractivity contribution in [3.63, 3.8) is 0 Å². The van der Waals surface area contributed by atoms with Gasteiger partial charge in [0, 0.05) is 17.8 Å². The number of rotatable bonds is 4. The average molecular weight is 334 g/mol. The topological polar surface area (TPSA) is 48.4 Å². The first kappa shape index (κ1) is 14.3. The van der Waals surface area contributed by atoms with E-state index in [1.165, 1.54) is 6.08 Å². The van der Waals surface area contributed by atoms with Crippen LogP contribution < -0.4 is 9.47 Å². The summed E-state index contributed by atoms with van der Waals surface area (Å²) >= 11 is 3.21. The SMILES string of the molecule is COc1ccccc1/C=C/C(=O)Oc1cccnc1Br. The first-order valence-electron chi connectivity index (χ1n) is 5.84. The van der Waals surface area contributed by atoms with Crippen LogP contribution in [0, 0.1) is 0 Å². The van der Waals surface area contributed by atoms with Gasteiger partial charge in [0.25, 0.3) is 0 Å². The van der Waals surface area contributed by atoms with Crippen molar-refractivity contribution in [1.29, 1.82) is 0 Å². The van der Waals surface area contributed by atoms with Crippen LogP contribution in [0.15, 0.2) is 53.3 Å². The Morgan fingerprint density at radius 2 is 1.95 bits per heavy atom. The van der Waals surface area contributed by atoms with E-state index in [0.717, 1.165) is 5.56 Å². The summed E-state index contributed by atoms with van der Waals surface area (Å²) < 4.78 is 10.8. The highest BCUT2D eigenvalue weighted by atomic mass is 79.9. The molecule has 0 fully saturated rings. The highest BCUT2D eigenvalue weighted by Crippen LogP contribution is 2.22. The molecule has 1 aromatic carbocycles. The highest BCUT2D eigenvalue weighted by Gasteiger charge is 2.05. The van der Waals surface area contributed by atoms with Gasteiger partial charge in [-0.1, -0.05) is 18.2 Å². The van der Waals surface area contributed by atoms with E-state index in [1.807, 2.05) is 24.3 Å². The molecule has 0 saturated heterocycles. The molecule has 20 heavy (non-hydrogen) atoms. The van der Waals surface area contributed by atoms with Gasteiger partial charge in [0.1, 0.15) is 10.4 Å². The largest absolute Gasteiger partial charge is 0.496 e. The summed E-state index contributed by atoms with van der Waals surface area (Å²) in [6, 6.07) is 10.8. The van der Waals surface area contributed by atoms with E-state index in [1.54, 1.807) is 31.5 Å². The highest BCUT2D eigenvalue weighted by molar-refractivity contribution is 9.10. The van der Waals surface area contributed by atoms with E-state index in [0.29, 0.717) is 16.1 Å². The summed E-state index contributed by atoms with van der Waals surface area (Å²) in [6.45, 7) is 0. The number of hydrogen-bond donors (Lipinski definition) is 0. The molecular formula is C15H12BrNO3. The molecule has 4 nitrogen and oxygen atoms in total. The van der Waals surface area contributed by atoms with Crippen LogP contribution in [-0.4, -0.2) is 18.1 Å². The standard InChI is InChI=1S/C15H12BrNO3/c1-19-12-6-3-2-5-11(12)8-9-14(18)20-13-7-4-10-17-15(13)16/h2-10H,1H3/b9-8+. The Balaban J connectivity index is 2.08. The second-order valence-electron chi connectivity index (χ2n) is 3.79. The maximum absolute atomic E-state index is 11.7. The van der Waals surface area contributed by atoms with Gasteiger partial charge in [-0.05, 0) is 40.2 Å². The minimum atomic E-state index is -0.482. The maximum atomic E-state index is 11.7. The number of carbonyl (C=O) groups is 1. The first-order valence-corrected chi connectivity index (χ1v) is 6.63. The van der Waals surface area contributed by atoms with Crippen LogP contribution >= 0.6 is 15.9 Å². The van der Waals surface area contributed by atoms with Gasteiger partial charge in [0.2, 0.25) is 0 Å². The molecule has 0 bridgehead atoms. The Morgan fingerprint density at radius 1 is 1.20 bits per heavy atom. The number of nitrogens with zero attached hydrogens (tertiary/aromatic N) is 1. The molecular weight excluding hydrogens is 322 g/mol. The molecule has 102 valence electrons. The summed E-state index contributed by atoms with van der Waals surface area (Å²) in [5.41, 5.74) is 0.803. The normalized spacial score (nSPS) is 10.5. The summed E-state index contributed by atoms with van der Waals surface area (Å²) in [7, 11) is 1.58. The van der Waals surface area contributed by atoms with Crippen molar-refractivity contribution in [3.05, 3.63) is 58.8 Å². The van der Waals surface area contributed by atoms with E-state index in [9.17, 15) is 4.79 Å². The lowest BCUT2D eigenvalue weighted by Crippen LogP contribution is -2.04. The van der Waals surface area contributed by atoms with Crippen LogP contribution in [-0.2, 0) is 4.79 Å². The Labute approximate surface area is 125 Å². The van der Waals surface area contributed by atoms with Gasteiger partial charge in [-0.3, -0.25) is 0 Å². The molecule has 2 aromatic rings. The molecule has 0 spiro atoms. The molecule has 0 amide bonds. The van der Waals surface area contributed by atoms with Crippen molar-refractivity contribution < 1.29 is 14.3 Å². The summed E-state index contributed by atoms with van der Waals surface area (Å²) in [4.78, 5) is 15.7. The van der Waals surface area contributed by atoms with Gasteiger partial charge in [-0.2, -0.15) is 0 Å². The van der Waals surface area contributed by atoms with E-state index < -0.39 is 5.97 Å². The second kappa shape index (κ2) is 6.86. The van der Waals surface area contributed by atoms with Crippen LogP contribution in [0.4, 0.5) is 0 Å². The van der Waals surface area contributed by atoms with Gasteiger partial charge in [-0.25, -0.2) is 9.78 Å². The fourth-order valence-electron chi connectivity index (χ4n) is 1.55. The van der Waals surface area contributed by atoms with E-state index in [-0.39, 0.29) is 0 Å². The van der Waals surface area contributed by atoms with Crippen LogP contribution in [0.3, 0.4) is 0 Å². The number of esters is 1. The molecule has 0 aliphatic heterocycles. The van der Waals surface area contributed by atoms with Crippen molar-refractivity contribution in [3.8, 4) is 11.5 Å². The summed E-state index contributed by atoms with van der Waals surface area (Å²) in [5.74, 6) is 0.589. The fourth-order valence-corrected chi connectivity index (χ4v) is 1.88. The molecule has 0 aliphatic rings. The quantitative estimate of drug-likeness (QED) is 0.488. The van der Waals surface area contributed by atoms with Gasteiger partial charge in [0.15, 0.2) is 5.75 Å². The number of benzene rings is 1. The number of pyridine rings is 1. The third kappa shape index (κ3) is 3.68. The van der Waals surface area contributed by atoms with Crippen LogP contribution in [0.2, 0.25) is 0 Å². The lowest BCUT2D eigenvalue weighted by Gasteiger charge is -2.04. The number of carbonyl (C=O) groups excluding carboxylic acids is 1. The third-order valence-corrected chi connectivity index (χ3v) is 3.07. The number of methoxy groups -OCH3 is 1. The lowest BCUT2D eigenvalue weighted by atomic mass is 10.2. The van der Waals surface area contributed by atoms with Crippen molar-refractivity contribution >= 4 is 28.0 Å². The Hall–Kier alpha value is -2.14. The molecule has 0 unspecified atom stereocenters. The van der Waals surface area contributed by atoms with E-state index in [2.05, 4.69) is 20.9 Å². The number of hydrogen-bond acceptors (Lipinski definition) is 4. The zero-order valence-electron chi connectivity index (χ0n) is 10.7. The number of para-hydroxylation sites is 1. The molecule has 5 heteroatoms. The molecule has 0 atom stereocenters. The first-order chi connectivity index (χ1) is 9.70. The van der Waals surface area contributed by atoms with Gasteiger partial charge < -0.3 is 9.47 Å². The Bertz CT molecular complexity index is 641. The number of halogens is 1. The van der Waals surface area contributed by atoms with Gasteiger partial charge >= 0.3 is 5.97 Å². The lowest BCUT2D eigenvalue weighted by molar-refractivity contribution is -0.128. The minimum absolute atomic E-state index is 0.377. The maximum Gasteiger partial charge on any atom is 0.336 e. The molecule has 0 aliphatic carbocycles. The Kier molecular flexibility index (Phi) is 4.90. The smallest absolute Gasteiger partial charge is 0.336 e. The van der Waals surface area contributed by atoms with Crippen LogP contribution in [0.1, 0.15) is 5.56 Å². The summed E-state index contributed by atoms with van der Waals surface area (Å²) in [5, 5.41) is 0. The van der Waals surface area contributed by atoms with Gasteiger partial charge in [0.05, 0.1) is 7.11 Å². The zero-order chi connectivity index (χ0) is 14.4. The molecule has 1 aromatic heterocycles. The molecule has 1 heterocycles. The van der Waals surface area contributed by atoms with E-state index >= 15 is 0 Å². The van der Waals surface area contributed by atoms with Crippen molar-refractivity contribution in [2.24, 2.45) is 0 Å². The molecule has 0 radical (unpaired) electrons. The van der Waals surface area contributed by atoms with Crippen molar-refractivity contribution in [2.45, 2.75) is 0 Å². The zero-order valence-corrected chi connectivity index (χ0v) is 12.3. The van der Waals surface area contributed by atoms with E-state index in [4.69, 9.17) is 9.47 Å². The molecule has 0 saturated carbocycles. The second-order valence-corrected chi connectivity index (χ2v) is 4.54. The van der Waals surface area contributed by atoms with Crippen LogP contribution in [0.5, 0.6) is 11.5 Å². The summed E-state index contributed by atoms with van der Waals surface area (Å²) in [6.07, 6.45) is 4.59. The van der Waals surface area contributed by atoms with Crippen molar-refractivity contribution in [1.82, 2.24) is 4.98 Å². The van der Waals surface area contributed by atoms with Crippen molar-refractivity contribution in [2.75, 3.05) is 7.11 Å². The molecule has 0 N–H and O–H groups in total. The third-order valence-electron chi connectivity index (χ3n) is 2.47. The predicted molar refractivity (Wildman–Crippen MR) is 79.6 cm³/mol. The fraction of sp³-hybridized carbons (Fsp3) is 0.0667. The number of ether oxygens (including phenoxy) is 2. The Morgan fingerprint density at radius 3 is 2.70 bits per heavy atom. The minimum Gasteiger partial charge on any atom is -0.496 e. The van der Waals surface area contributed by atoms with Crippen LogP contribution in [0.25, 0.3) is 6.08 Å².